The van der Waals surface area contributed by atoms with E-state index in [-0.39, 0.29) is 5.69 Å². The Morgan fingerprint density at radius 3 is 2.94 bits per heavy atom. The first-order valence-corrected chi connectivity index (χ1v) is 5.20. The second-order valence-corrected chi connectivity index (χ2v) is 4.14. The normalized spacial score (nSPS) is 24.2. The van der Waals surface area contributed by atoms with Gasteiger partial charge in [-0.2, -0.15) is 0 Å². The fraction of sp³-hybridized carbons (Fsp3) is 0.364. The van der Waals surface area contributed by atoms with E-state index in [1.165, 1.54) is 0 Å². The molecule has 17 heavy (non-hydrogen) atoms. The third-order valence-electron chi connectivity index (χ3n) is 2.58. The van der Waals surface area contributed by atoms with Crippen LogP contribution in [0, 0.1) is 0 Å². The molecule has 6 nitrogen and oxygen atoms in total. The molecule has 1 aliphatic rings. The number of aliphatic imine (C=N–C) groups is 1. The average Bonchev–Trinajstić information content (AvgIpc) is 2.29. The summed E-state index contributed by atoms with van der Waals surface area (Å²) in [6.45, 7) is 2.56. The number of nitrogens with zero attached hydrogens (tertiary/aromatic N) is 2. The van der Waals surface area contributed by atoms with E-state index in [0.29, 0.717) is 24.7 Å². The third kappa shape index (κ3) is 2.26. The highest BCUT2D eigenvalue weighted by Gasteiger charge is 2.31. The van der Waals surface area contributed by atoms with E-state index in [1.807, 2.05) is 6.92 Å². The van der Waals surface area contributed by atoms with Gasteiger partial charge in [-0.15, -0.1) is 0 Å². The molecule has 1 aromatic heterocycles. The number of carbonyl (C=O) groups is 1. The molecule has 1 atom stereocenters. The van der Waals surface area contributed by atoms with Crippen LogP contribution in [0.1, 0.15) is 23.1 Å². The summed E-state index contributed by atoms with van der Waals surface area (Å²) in [7, 11) is 0. The van der Waals surface area contributed by atoms with Gasteiger partial charge in [-0.05, 0) is 19.1 Å². The highest BCUT2D eigenvalue weighted by molar-refractivity contribution is 5.90. The van der Waals surface area contributed by atoms with E-state index in [1.54, 1.807) is 18.2 Å². The van der Waals surface area contributed by atoms with Gasteiger partial charge in [0.15, 0.2) is 0 Å². The van der Waals surface area contributed by atoms with Gasteiger partial charge in [-0.25, -0.2) is 4.98 Å². The smallest absolute Gasteiger partial charge is 0.267 e. The molecule has 1 aromatic rings. The fourth-order valence-electron chi connectivity index (χ4n) is 1.74. The summed E-state index contributed by atoms with van der Waals surface area (Å²) in [5.74, 6) is -0.144. The van der Waals surface area contributed by atoms with E-state index >= 15 is 0 Å². The molecule has 0 saturated heterocycles. The number of primary amides is 1. The van der Waals surface area contributed by atoms with Crippen molar-refractivity contribution >= 4 is 11.7 Å². The lowest BCUT2D eigenvalue weighted by molar-refractivity contribution is 0.0984. The van der Waals surface area contributed by atoms with Gasteiger partial charge in [0.25, 0.3) is 5.91 Å². The summed E-state index contributed by atoms with van der Waals surface area (Å²) in [6, 6.07) is 5.05. The Morgan fingerprint density at radius 1 is 1.53 bits per heavy atom. The number of amides is 1. The number of nitrogens with two attached hydrogens (primary N) is 2. The minimum atomic E-state index is -0.659. The number of pyridine rings is 1. The predicted octanol–water partition coefficient (Wildman–Crippen LogP) is -0.217. The summed E-state index contributed by atoms with van der Waals surface area (Å²) < 4.78 is 5.34. The predicted molar refractivity (Wildman–Crippen MR) is 62.5 cm³/mol. The standard InChI is InChI=1S/C11H14N4O2/c1-11(6-17-5-9(12)15-11)8-4-2-3-7(14-8)10(13)16/h2-4H,5-6H2,1H3,(H2,12,15)(H2,13,16)/t11-/m0/s1. The Hall–Kier alpha value is -1.95. The second kappa shape index (κ2) is 4.14. The van der Waals surface area contributed by atoms with Gasteiger partial charge in [0.05, 0.1) is 12.3 Å². The molecule has 2 rings (SSSR count). The van der Waals surface area contributed by atoms with Crippen molar-refractivity contribution in [3.8, 4) is 0 Å². The molecule has 2 heterocycles. The van der Waals surface area contributed by atoms with Gasteiger partial charge < -0.3 is 16.2 Å². The highest BCUT2D eigenvalue weighted by atomic mass is 16.5. The number of amidine groups is 1. The molecule has 0 fully saturated rings. The molecule has 6 heteroatoms. The van der Waals surface area contributed by atoms with Crippen molar-refractivity contribution in [2.24, 2.45) is 16.5 Å². The van der Waals surface area contributed by atoms with Crippen LogP contribution >= 0.6 is 0 Å². The Morgan fingerprint density at radius 2 is 2.29 bits per heavy atom. The van der Waals surface area contributed by atoms with Crippen molar-refractivity contribution in [1.82, 2.24) is 4.98 Å². The molecule has 1 aliphatic heterocycles. The summed E-state index contributed by atoms with van der Waals surface area (Å²) in [6.07, 6.45) is 0. The molecule has 0 bridgehead atoms. The van der Waals surface area contributed by atoms with Crippen LogP contribution in [0.3, 0.4) is 0 Å². The quantitative estimate of drug-likeness (QED) is 0.738. The largest absolute Gasteiger partial charge is 0.386 e. The minimum Gasteiger partial charge on any atom is -0.386 e. The Kier molecular flexibility index (Phi) is 2.81. The molecule has 0 saturated carbocycles. The molecule has 0 aromatic carbocycles. The molecule has 0 spiro atoms. The molecular weight excluding hydrogens is 220 g/mol. The van der Waals surface area contributed by atoms with Crippen molar-refractivity contribution in [1.29, 1.82) is 0 Å². The van der Waals surface area contributed by atoms with Gasteiger partial charge in [-0.3, -0.25) is 9.79 Å². The molecule has 4 N–H and O–H groups in total. The maximum atomic E-state index is 11.1. The number of hydrogen-bond acceptors (Lipinski definition) is 5. The number of rotatable bonds is 2. The van der Waals surface area contributed by atoms with Crippen LogP contribution < -0.4 is 11.5 Å². The van der Waals surface area contributed by atoms with Crippen LogP contribution in [0.4, 0.5) is 0 Å². The zero-order valence-corrected chi connectivity index (χ0v) is 9.51. The third-order valence-corrected chi connectivity index (χ3v) is 2.58. The second-order valence-electron chi connectivity index (χ2n) is 4.14. The summed E-state index contributed by atoms with van der Waals surface area (Å²) in [5, 5.41) is 0. The Bertz CT molecular complexity index is 486. The zero-order chi connectivity index (χ0) is 12.5. The van der Waals surface area contributed by atoms with Gasteiger partial charge in [-0.1, -0.05) is 6.07 Å². The van der Waals surface area contributed by atoms with Crippen LogP contribution in [0.25, 0.3) is 0 Å². The first-order chi connectivity index (χ1) is 8.01. The van der Waals surface area contributed by atoms with Crippen molar-refractivity contribution in [2.75, 3.05) is 13.2 Å². The van der Waals surface area contributed by atoms with E-state index in [9.17, 15) is 4.79 Å². The van der Waals surface area contributed by atoms with Gasteiger partial charge >= 0.3 is 0 Å². The van der Waals surface area contributed by atoms with Crippen molar-refractivity contribution < 1.29 is 9.53 Å². The van der Waals surface area contributed by atoms with Crippen molar-refractivity contribution in [2.45, 2.75) is 12.5 Å². The molecule has 90 valence electrons. The lowest BCUT2D eigenvalue weighted by Gasteiger charge is -2.29. The first-order valence-electron chi connectivity index (χ1n) is 5.20. The topological polar surface area (TPSA) is 104 Å². The van der Waals surface area contributed by atoms with Crippen LogP contribution in [0.15, 0.2) is 23.2 Å². The SMILES string of the molecule is C[C@@]1(c2cccc(C(N)=O)n2)COCC(N)=N1. The highest BCUT2D eigenvalue weighted by Crippen LogP contribution is 2.26. The fourth-order valence-corrected chi connectivity index (χ4v) is 1.74. The lowest BCUT2D eigenvalue weighted by atomic mass is 9.98. The van der Waals surface area contributed by atoms with Crippen LogP contribution in [-0.2, 0) is 10.3 Å². The molecule has 0 unspecified atom stereocenters. The number of ether oxygens (including phenoxy) is 1. The van der Waals surface area contributed by atoms with Gasteiger partial charge in [0.2, 0.25) is 0 Å². The number of hydrogen-bond donors (Lipinski definition) is 2. The van der Waals surface area contributed by atoms with Crippen LogP contribution in [0.5, 0.6) is 0 Å². The van der Waals surface area contributed by atoms with E-state index in [0.717, 1.165) is 0 Å². The lowest BCUT2D eigenvalue weighted by Crippen LogP contribution is -2.38. The maximum Gasteiger partial charge on any atom is 0.267 e. The van der Waals surface area contributed by atoms with Gasteiger partial charge in [0.1, 0.15) is 23.7 Å². The average molecular weight is 234 g/mol. The van der Waals surface area contributed by atoms with Crippen molar-refractivity contribution in [3.63, 3.8) is 0 Å². The van der Waals surface area contributed by atoms with Crippen molar-refractivity contribution in [3.05, 3.63) is 29.6 Å². The van der Waals surface area contributed by atoms with Crippen LogP contribution in [0.2, 0.25) is 0 Å². The molecule has 0 radical (unpaired) electrons. The number of aromatic nitrogens is 1. The summed E-state index contributed by atoms with van der Waals surface area (Å²) in [5.41, 5.74) is 11.0. The zero-order valence-electron chi connectivity index (χ0n) is 9.51. The molecule has 1 amide bonds. The van der Waals surface area contributed by atoms with Gasteiger partial charge in [0, 0.05) is 0 Å². The molecule has 0 aliphatic carbocycles. The Labute approximate surface area is 98.7 Å². The van der Waals surface area contributed by atoms with E-state index in [4.69, 9.17) is 16.2 Å². The van der Waals surface area contributed by atoms with E-state index in [2.05, 4.69) is 9.98 Å². The molecular formula is C11H14N4O2. The number of carbonyl (C=O) groups excluding carboxylic acids is 1. The Balaban J connectivity index is 2.42. The monoisotopic (exact) mass is 234 g/mol. The summed E-state index contributed by atoms with van der Waals surface area (Å²) >= 11 is 0. The maximum absolute atomic E-state index is 11.1. The summed E-state index contributed by atoms with van der Waals surface area (Å²) in [4.78, 5) is 19.6. The minimum absolute atomic E-state index is 0.211. The van der Waals surface area contributed by atoms with Crippen LogP contribution in [-0.4, -0.2) is 29.9 Å². The first kappa shape index (κ1) is 11.5. The van der Waals surface area contributed by atoms with E-state index < -0.39 is 11.4 Å².